The number of carbonyl (C=O) groups excluding carboxylic acids is 1. The Kier molecular flexibility index (Phi) is 15.9. The van der Waals surface area contributed by atoms with E-state index in [9.17, 15) is 25.2 Å². The van der Waals surface area contributed by atoms with Crippen LogP contribution in [-0.2, 0) is 9.53 Å². The van der Waals surface area contributed by atoms with Crippen LogP contribution in [0.1, 0.15) is 96.8 Å². The zero-order valence-electron chi connectivity index (χ0n) is 19.3. The Hall–Kier alpha value is -0.990. The molecule has 7 nitrogen and oxygen atoms in total. The third kappa shape index (κ3) is 12.0. The summed E-state index contributed by atoms with van der Waals surface area (Å²) >= 11 is 0. The molecule has 1 saturated heterocycles. The Morgan fingerprint density at radius 3 is 1.94 bits per heavy atom. The van der Waals surface area contributed by atoms with E-state index < -0.39 is 37.3 Å². The molecule has 0 bridgehead atoms. The van der Waals surface area contributed by atoms with Crippen molar-refractivity contribution >= 4 is 5.91 Å². The van der Waals surface area contributed by atoms with Gasteiger partial charge in [0.1, 0.15) is 24.4 Å². The molecule has 1 fully saturated rings. The largest absolute Gasteiger partial charge is 0.394 e. The second-order valence-corrected chi connectivity index (χ2v) is 8.65. The first-order valence-corrected chi connectivity index (χ1v) is 12.3. The number of nitrogens with one attached hydrogen (secondary N) is 1. The number of hydrogen-bond donors (Lipinski definition) is 5. The molecule has 2 unspecified atom stereocenters. The number of allylic oxidation sites excluding steroid dienone is 2. The average molecular weight is 444 g/mol. The number of unbranched alkanes of at least 4 members (excludes halogenated alkanes) is 11. The van der Waals surface area contributed by atoms with E-state index in [0.717, 1.165) is 32.1 Å². The van der Waals surface area contributed by atoms with Gasteiger partial charge in [0.2, 0.25) is 5.91 Å². The van der Waals surface area contributed by atoms with Gasteiger partial charge in [-0.25, -0.2) is 0 Å². The molecule has 0 saturated carbocycles. The van der Waals surface area contributed by atoms with Crippen molar-refractivity contribution in [1.82, 2.24) is 5.32 Å². The molecule has 0 aromatic carbocycles. The van der Waals surface area contributed by atoms with E-state index in [4.69, 9.17) is 4.74 Å². The van der Waals surface area contributed by atoms with Gasteiger partial charge in [-0.3, -0.25) is 4.79 Å². The lowest BCUT2D eigenvalue weighted by molar-refractivity contribution is -0.236. The minimum Gasteiger partial charge on any atom is -0.394 e. The predicted octanol–water partition coefficient (Wildman–Crippen LogP) is 2.94. The normalized spacial score (nSPS) is 26.4. The Morgan fingerprint density at radius 2 is 1.35 bits per heavy atom. The van der Waals surface area contributed by atoms with Crippen molar-refractivity contribution in [1.29, 1.82) is 0 Å². The Labute approximate surface area is 187 Å². The van der Waals surface area contributed by atoms with Gasteiger partial charge < -0.3 is 30.5 Å². The Bertz CT molecular complexity index is 485. The Balaban J connectivity index is 1.99. The van der Waals surface area contributed by atoms with E-state index >= 15 is 0 Å². The highest BCUT2D eigenvalue weighted by atomic mass is 16.6. The standard InChI is InChI=1S/C24H45NO6/c1-2-3-4-5-6-7-8-9-10-11-12-13-14-15-16-17-20(27)25-24-23(30)22(29)21(28)19(18-26)31-24/h9-10,19,21-24,26,28-30H,2-8,11-18H2,1H3,(H,25,27)/b10-9-/t19?,21-,22+,23?,24-/m1/s1. The third-order valence-corrected chi connectivity index (χ3v) is 5.86. The van der Waals surface area contributed by atoms with E-state index in [0.29, 0.717) is 6.42 Å². The monoisotopic (exact) mass is 443 g/mol. The van der Waals surface area contributed by atoms with Crippen LogP contribution in [-0.4, -0.2) is 63.6 Å². The van der Waals surface area contributed by atoms with Gasteiger partial charge >= 0.3 is 0 Å². The number of rotatable bonds is 17. The molecule has 0 aromatic rings. The minimum atomic E-state index is -1.48. The quantitative estimate of drug-likeness (QED) is 0.174. The molecule has 0 aromatic heterocycles. The number of carbonyl (C=O) groups is 1. The van der Waals surface area contributed by atoms with E-state index in [1.807, 2.05) is 0 Å². The SMILES string of the molecule is CCCCCCCC/C=C\CCCCCCCC(=O)N[C@@H]1OC(CO)[C@@H](O)[C@H](O)C1O. The second kappa shape index (κ2) is 17.6. The van der Waals surface area contributed by atoms with Gasteiger partial charge in [0.25, 0.3) is 0 Å². The van der Waals surface area contributed by atoms with Crippen LogP contribution in [0.3, 0.4) is 0 Å². The fourth-order valence-corrected chi connectivity index (χ4v) is 3.81. The summed E-state index contributed by atoms with van der Waals surface area (Å²) in [5, 5.41) is 41.1. The van der Waals surface area contributed by atoms with Crippen LogP contribution in [0.4, 0.5) is 0 Å². The highest BCUT2D eigenvalue weighted by Gasteiger charge is 2.43. The lowest BCUT2D eigenvalue weighted by atomic mass is 9.98. The first-order chi connectivity index (χ1) is 15.0. The summed E-state index contributed by atoms with van der Waals surface area (Å²) in [5.41, 5.74) is 0. The maximum Gasteiger partial charge on any atom is 0.222 e. The van der Waals surface area contributed by atoms with Crippen molar-refractivity contribution < 1.29 is 30.0 Å². The second-order valence-electron chi connectivity index (χ2n) is 8.65. The van der Waals surface area contributed by atoms with Crippen LogP contribution < -0.4 is 5.32 Å². The van der Waals surface area contributed by atoms with Gasteiger partial charge in [0, 0.05) is 6.42 Å². The van der Waals surface area contributed by atoms with Crippen LogP contribution in [0.15, 0.2) is 12.2 Å². The third-order valence-electron chi connectivity index (χ3n) is 5.86. The lowest BCUT2D eigenvalue weighted by Crippen LogP contribution is -2.63. The molecule has 5 N–H and O–H groups in total. The molecule has 5 atom stereocenters. The maximum atomic E-state index is 12.1. The van der Waals surface area contributed by atoms with Crippen molar-refractivity contribution in [3.05, 3.63) is 12.2 Å². The first-order valence-electron chi connectivity index (χ1n) is 12.3. The molecule has 0 spiro atoms. The molecule has 1 rings (SSSR count). The summed E-state index contributed by atoms with van der Waals surface area (Å²) in [5.74, 6) is -0.276. The zero-order valence-corrected chi connectivity index (χ0v) is 19.3. The van der Waals surface area contributed by atoms with Crippen LogP contribution in [0.25, 0.3) is 0 Å². The topological polar surface area (TPSA) is 119 Å². The van der Waals surface area contributed by atoms with E-state index in [1.54, 1.807) is 0 Å². The summed E-state index contributed by atoms with van der Waals surface area (Å²) < 4.78 is 5.28. The molecular weight excluding hydrogens is 398 g/mol. The molecule has 1 heterocycles. The molecule has 1 amide bonds. The van der Waals surface area contributed by atoms with Crippen LogP contribution >= 0.6 is 0 Å². The summed E-state index contributed by atoms with van der Waals surface area (Å²) in [6.45, 7) is 1.74. The number of aliphatic hydroxyl groups excluding tert-OH is 4. The van der Waals surface area contributed by atoms with Crippen molar-refractivity contribution in [2.45, 2.75) is 127 Å². The maximum absolute atomic E-state index is 12.1. The van der Waals surface area contributed by atoms with Crippen LogP contribution in [0, 0.1) is 0 Å². The summed E-state index contributed by atoms with van der Waals surface area (Å²) in [4.78, 5) is 12.1. The van der Waals surface area contributed by atoms with E-state index in [-0.39, 0.29) is 5.91 Å². The Morgan fingerprint density at radius 1 is 0.806 bits per heavy atom. The smallest absolute Gasteiger partial charge is 0.222 e. The van der Waals surface area contributed by atoms with E-state index in [1.165, 1.54) is 51.4 Å². The summed E-state index contributed by atoms with van der Waals surface area (Å²) in [6, 6.07) is 0. The number of amides is 1. The fraction of sp³-hybridized carbons (Fsp3) is 0.875. The molecule has 7 heteroatoms. The van der Waals surface area contributed by atoms with E-state index in [2.05, 4.69) is 24.4 Å². The lowest BCUT2D eigenvalue weighted by Gasteiger charge is -2.40. The predicted molar refractivity (Wildman–Crippen MR) is 121 cm³/mol. The number of ether oxygens (including phenoxy) is 1. The molecule has 0 radical (unpaired) electrons. The zero-order chi connectivity index (χ0) is 22.9. The minimum absolute atomic E-state index is 0.276. The van der Waals surface area contributed by atoms with Gasteiger partial charge in [-0.15, -0.1) is 0 Å². The fourth-order valence-electron chi connectivity index (χ4n) is 3.81. The van der Waals surface area contributed by atoms with Crippen molar-refractivity contribution in [3.8, 4) is 0 Å². The van der Waals surface area contributed by atoms with Crippen LogP contribution in [0.5, 0.6) is 0 Å². The molecule has 182 valence electrons. The van der Waals surface area contributed by atoms with Crippen molar-refractivity contribution in [2.24, 2.45) is 0 Å². The molecule has 1 aliphatic rings. The van der Waals surface area contributed by atoms with Crippen LogP contribution in [0.2, 0.25) is 0 Å². The first kappa shape index (κ1) is 28.0. The molecule has 1 aliphatic heterocycles. The van der Waals surface area contributed by atoms with Gasteiger partial charge in [-0.2, -0.15) is 0 Å². The molecule has 0 aliphatic carbocycles. The summed E-state index contributed by atoms with van der Waals surface area (Å²) in [6.07, 6.45) is 13.9. The van der Waals surface area contributed by atoms with Gasteiger partial charge in [0.05, 0.1) is 6.61 Å². The highest BCUT2D eigenvalue weighted by Crippen LogP contribution is 2.20. The highest BCUT2D eigenvalue weighted by molar-refractivity contribution is 5.76. The van der Waals surface area contributed by atoms with Gasteiger partial charge in [-0.05, 0) is 32.1 Å². The van der Waals surface area contributed by atoms with Crippen molar-refractivity contribution in [3.63, 3.8) is 0 Å². The summed E-state index contributed by atoms with van der Waals surface area (Å²) in [7, 11) is 0. The number of aliphatic hydroxyl groups is 4. The van der Waals surface area contributed by atoms with Gasteiger partial charge in [0.15, 0.2) is 6.23 Å². The molecular formula is C24H45NO6. The average Bonchev–Trinajstić information content (AvgIpc) is 2.76. The van der Waals surface area contributed by atoms with Gasteiger partial charge in [-0.1, -0.05) is 70.4 Å². The molecule has 31 heavy (non-hydrogen) atoms. The van der Waals surface area contributed by atoms with Crippen molar-refractivity contribution in [2.75, 3.05) is 6.61 Å². The number of hydrogen-bond acceptors (Lipinski definition) is 6.